The highest BCUT2D eigenvalue weighted by Crippen LogP contribution is 2.48. The zero-order valence-electron chi connectivity index (χ0n) is 10.8. The van der Waals surface area contributed by atoms with Gasteiger partial charge in [0.05, 0.1) is 12.7 Å². The largest absolute Gasteiger partial charge is 0.396 e. The lowest BCUT2D eigenvalue weighted by molar-refractivity contribution is 0.109. The molecule has 2 aliphatic rings. The van der Waals surface area contributed by atoms with Gasteiger partial charge in [0.2, 0.25) is 0 Å². The molecule has 2 atom stereocenters. The van der Waals surface area contributed by atoms with E-state index in [0.29, 0.717) is 6.04 Å². The van der Waals surface area contributed by atoms with E-state index >= 15 is 0 Å². The first-order valence-corrected chi connectivity index (χ1v) is 6.20. The Morgan fingerprint density at radius 3 is 2.82 bits per heavy atom. The summed E-state index contributed by atoms with van der Waals surface area (Å²) in [5, 5.41) is 18.7. The van der Waals surface area contributed by atoms with Crippen LogP contribution in [0, 0.1) is 22.7 Å². The summed E-state index contributed by atoms with van der Waals surface area (Å²) >= 11 is 0. The first kappa shape index (κ1) is 12.2. The van der Waals surface area contributed by atoms with Crippen LogP contribution >= 0.6 is 0 Å². The Morgan fingerprint density at radius 2 is 2.29 bits per heavy atom. The van der Waals surface area contributed by atoms with E-state index in [1.54, 1.807) is 0 Å². The number of nitrogens with zero attached hydrogens (tertiary/aromatic N) is 2. The molecule has 3 nitrogen and oxygen atoms in total. The number of allylic oxidation sites excluding steroid dienone is 4. The molecular formula is C14H20N2O. The molecule has 0 bridgehead atoms. The standard InChI is InChI=1S/C14H20N2O/c1-10(2)16-8-14(3,9-17)12-6-11(7-15)4-5-13(12)16/h4-5,10,12,17H,6,8-9H2,1-3H3. The Hall–Kier alpha value is -1.27. The molecule has 0 aromatic carbocycles. The van der Waals surface area contributed by atoms with Crippen LogP contribution in [0.25, 0.3) is 0 Å². The van der Waals surface area contributed by atoms with E-state index in [-0.39, 0.29) is 17.9 Å². The Bertz CT molecular complexity index is 416. The summed E-state index contributed by atoms with van der Waals surface area (Å²) in [6, 6.07) is 2.68. The smallest absolute Gasteiger partial charge is 0.0947 e. The first-order chi connectivity index (χ1) is 8.01. The molecule has 0 aromatic rings. The van der Waals surface area contributed by atoms with Gasteiger partial charge in [0, 0.05) is 35.2 Å². The maximum absolute atomic E-state index is 9.67. The van der Waals surface area contributed by atoms with Crippen LogP contribution in [0.2, 0.25) is 0 Å². The van der Waals surface area contributed by atoms with E-state index in [0.717, 1.165) is 18.5 Å². The zero-order valence-corrected chi connectivity index (χ0v) is 10.8. The number of aliphatic hydroxyl groups is 1. The van der Waals surface area contributed by atoms with Crippen molar-refractivity contribution >= 4 is 0 Å². The second-order valence-corrected chi connectivity index (χ2v) is 5.69. The number of nitriles is 1. The molecule has 2 rings (SSSR count). The fraction of sp³-hybridized carbons (Fsp3) is 0.643. The molecule has 0 saturated carbocycles. The monoisotopic (exact) mass is 232 g/mol. The molecule has 0 amide bonds. The van der Waals surface area contributed by atoms with Crippen molar-refractivity contribution < 1.29 is 5.11 Å². The highest BCUT2D eigenvalue weighted by molar-refractivity contribution is 5.37. The van der Waals surface area contributed by atoms with E-state index < -0.39 is 0 Å². The number of rotatable bonds is 2. The number of aliphatic hydroxyl groups excluding tert-OH is 1. The molecule has 1 fully saturated rings. The average molecular weight is 232 g/mol. The lowest BCUT2D eigenvalue weighted by atomic mass is 9.74. The van der Waals surface area contributed by atoms with Gasteiger partial charge in [0.1, 0.15) is 0 Å². The predicted octanol–water partition coefficient (Wildman–Crippen LogP) is 2.06. The minimum atomic E-state index is -0.119. The van der Waals surface area contributed by atoms with Crippen molar-refractivity contribution in [2.24, 2.45) is 11.3 Å². The fourth-order valence-corrected chi connectivity index (χ4v) is 2.91. The minimum absolute atomic E-state index is 0.119. The van der Waals surface area contributed by atoms with E-state index in [1.807, 2.05) is 6.08 Å². The third-order valence-corrected chi connectivity index (χ3v) is 4.07. The van der Waals surface area contributed by atoms with Crippen molar-refractivity contribution in [1.82, 2.24) is 4.90 Å². The third kappa shape index (κ3) is 1.87. The zero-order chi connectivity index (χ0) is 12.6. The van der Waals surface area contributed by atoms with Gasteiger partial charge in [0.25, 0.3) is 0 Å². The summed E-state index contributed by atoms with van der Waals surface area (Å²) in [4.78, 5) is 2.35. The summed E-state index contributed by atoms with van der Waals surface area (Å²) in [5.74, 6) is 0.287. The van der Waals surface area contributed by atoms with Gasteiger partial charge in [0.15, 0.2) is 0 Å². The molecule has 0 radical (unpaired) electrons. The van der Waals surface area contributed by atoms with Crippen LogP contribution in [0.15, 0.2) is 23.4 Å². The Balaban J connectivity index is 2.38. The van der Waals surface area contributed by atoms with Gasteiger partial charge in [-0.2, -0.15) is 5.26 Å². The number of fused-ring (bicyclic) bond motifs is 1. The molecule has 17 heavy (non-hydrogen) atoms. The number of hydrogen-bond acceptors (Lipinski definition) is 3. The topological polar surface area (TPSA) is 47.3 Å². The second kappa shape index (κ2) is 4.19. The van der Waals surface area contributed by atoms with Gasteiger partial charge in [-0.3, -0.25) is 0 Å². The van der Waals surface area contributed by atoms with Crippen molar-refractivity contribution in [3.05, 3.63) is 23.4 Å². The summed E-state index contributed by atoms with van der Waals surface area (Å²) in [6.45, 7) is 7.52. The maximum Gasteiger partial charge on any atom is 0.0947 e. The molecule has 3 heteroatoms. The summed E-state index contributed by atoms with van der Waals surface area (Å²) < 4.78 is 0. The molecule has 1 aliphatic carbocycles. The number of likely N-dealkylation sites (tertiary alicyclic amines) is 1. The van der Waals surface area contributed by atoms with Gasteiger partial charge in [-0.1, -0.05) is 6.92 Å². The minimum Gasteiger partial charge on any atom is -0.396 e. The van der Waals surface area contributed by atoms with Gasteiger partial charge in [-0.25, -0.2) is 0 Å². The van der Waals surface area contributed by atoms with Crippen molar-refractivity contribution in [3.8, 4) is 6.07 Å². The summed E-state index contributed by atoms with van der Waals surface area (Å²) in [5.41, 5.74) is 1.99. The van der Waals surface area contributed by atoms with Gasteiger partial charge in [-0.05, 0) is 32.4 Å². The van der Waals surface area contributed by atoms with Crippen LogP contribution < -0.4 is 0 Å². The highest BCUT2D eigenvalue weighted by Gasteiger charge is 2.47. The van der Waals surface area contributed by atoms with Crippen molar-refractivity contribution in [3.63, 3.8) is 0 Å². The third-order valence-electron chi connectivity index (χ3n) is 4.07. The molecule has 92 valence electrons. The molecule has 0 spiro atoms. The molecule has 1 heterocycles. The molecular weight excluding hydrogens is 212 g/mol. The van der Waals surface area contributed by atoms with Crippen LogP contribution in [-0.2, 0) is 0 Å². The van der Waals surface area contributed by atoms with Crippen LogP contribution in [0.5, 0.6) is 0 Å². The molecule has 0 aromatic heterocycles. The molecule has 1 saturated heterocycles. The Morgan fingerprint density at radius 1 is 1.59 bits per heavy atom. The summed E-state index contributed by atoms with van der Waals surface area (Å²) in [6.07, 6.45) is 4.75. The molecule has 1 aliphatic heterocycles. The number of hydrogen-bond donors (Lipinski definition) is 1. The lowest BCUT2D eigenvalue weighted by Gasteiger charge is -2.29. The SMILES string of the molecule is CC(C)N1CC(C)(CO)C2CC(C#N)=CC=C21. The fourth-order valence-electron chi connectivity index (χ4n) is 2.91. The van der Waals surface area contributed by atoms with Crippen molar-refractivity contribution in [2.75, 3.05) is 13.2 Å². The van der Waals surface area contributed by atoms with Gasteiger partial charge < -0.3 is 10.0 Å². The highest BCUT2D eigenvalue weighted by atomic mass is 16.3. The van der Waals surface area contributed by atoms with E-state index in [2.05, 4.69) is 37.8 Å². The van der Waals surface area contributed by atoms with Crippen LogP contribution in [0.1, 0.15) is 27.2 Å². The second-order valence-electron chi connectivity index (χ2n) is 5.69. The first-order valence-electron chi connectivity index (χ1n) is 6.20. The summed E-state index contributed by atoms with van der Waals surface area (Å²) in [7, 11) is 0. The molecule has 2 unspecified atom stereocenters. The van der Waals surface area contributed by atoms with Crippen molar-refractivity contribution in [2.45, 2.75) is 33.2 Å². The quantitative estimate of drug-likeness (QED) is 0.792. The van der Waals surface area contributed by atoms with Gasteiger partial charge >= 0.3 is 0 Å². The maximum atomic E-state index is 9.67. The van der Waals surface area contributed by atoms with E-state index in [1.165, 1.54) is 5.70 Å². The van der Waals surface area contributed by atoms with Crippen molar-refractivity contribution in [1.29, 1.82) is 5.26 Å². The Labute approximate surface area is 103 Å². The Kier molecular flexibility index (Phi) is 3.01. The molecule has 1 N–H and O–H groups in total. The average Bonchev–Trinajstić information content (AvgIpc) is 2.63. The van der Waals surface area contributed by atoms with E-state index in [4.69, 9.17) is 5.26 Å². The van der Waals surface area contributed by atoms with Crippen LogP contribution in [-0.4, -0.2) is 29.2 Å². The van der Waals surface area contributed by atoms with Gasteiger partial charge in [-0.15, -0.1) is 0 Å². The predicted molar refractivity (Wildman–Crippen MR) is 66.9 cm³/mol. The van der Waals surface area contributed by atoms with Crippen LogP contribution in [0.4, 0.5) is 0 Å². The van der Waals surface area contributed by atoms with Crippen LogP contribution in [0.3, 0.4) is 0 Å². The lowest BCUT2D eigenvalue weighted by Crippen LogP contribution is -2.33. The van der Waals surface area contributed by atoms with E-state index in [9.17, 15) is 5.11 Å². The normalized spacial score (nSPS) is 32.0.